The molecule has 0 aromatic heterocycles. The Labute approximate surface area is 136 Å². The summed E-state index contributed by atoms with van der Waals surface area (Å²) in [7, 11) is 0. The Morgan fingerprint density at radius 2 is 1.81 bits per heavy atom. The molecular weight excluding hydrogens is 332 g/mol. The molecule has 2 aromatic carbocycles. The molecule has 0 fully saturated rings. The maximum atomic E-state index is 13.6. The van der Waals surface area contributed by atoms with Crippen LogP contribution in [-0.4, -0.2) is 11.7 Å². The van der Waals surface area contributed by atoms with E-state index in [2.05, 4.69) is 5.32 Å². The first-order valence-electron chi connectivity index (χ1n) is 6.13. The van der Waals surface area contributed by atoms with Crippen molar-refractivity contribution in [3.05, 3.63) is 63.9 Å². The highest BCUT2D eigenvalue weighted by molar-refractivity contribution is 7.99. The molecular formula is C15H12Cl2FNOS. The van der Waals surface area contributed by atoms with Crippen LogP contribution in [0.3, 0.4) is 0 Å². The molecule has 21 heavy (non-hydrogen) atoms. The molecule has 0 heterocycles. The third-order valence-electron chi connectivity index (χ3n) is 2.69. The summed E-state index contributed by atoms with van der Waals surface area (Å²) >= 11 is 13.2. The van der Waals surface area contributed by atoms with Crippen LogP contribution in [0.15, 0.2) is 42.5 Å². The van der Waals surface area contributed by atoms with Gasteiger partial charge in [-0.1, -0.05) is 41.4 Å². The van der Waals surface area contributed by atoms with Gasteiger partial charge in [-0.15, -0.1) is 11.8 Å². The number of anilines is 1. The van der Waals surface area contributed by atoms with Gasteiger partial charge in [0.15, 0.2) is 0 Å². The van der Waals surface area contributed by atoms with Gasteiger partial charge in [0.2, 0.25) is 5.91 Å². The van der Waals surface area contributed by atoms with Gasteiger partial charge in [0.1, 0.15) is 5.82 Å². The lowest BCUT2D eigenvalue weighted by molar-refractivity contribution is -0.113. The second-order valence-electron chi connectivity index (χ2n) is 4.22. The van der Waals surface area contributed by atoms with Crippen molar-refractivity contribution in [2.75, 3.05) is 11.1 Å². The molecule has 0 aliphatic rings. The molecule has 0 radical (unpaired) electrons. The Morgan fingerprint density at radius 1 is 1.10 bits per heavy atom. The van der Waals surface area contributed by atoms with Crippen molar-refractivity contribution < 1.29 is 9.18 Å². The van der Waals surface area contributed by atoms with E-state index in [4.69, 9.17) is 23.2 Å². The molecule has 0 saturated carbocycles. The van der Waals surface area contributed by atoms with E-state index >= 15 is 0 Å². The zero-order valence-corrected chi connectivity index (χ0v) is 13.2. The molecule has 0 unspecified atom stereocenters. The summed E-state index contributed by atoms with van der Waals surface area (Å²) in [5.41, 5.74) is 0.975. The highest BCUT2D eigenvalue weighted by Gasteiger charge is 2.09. The summed E-state index contributed by atoms with van der Waals surface area (Å²) in [5.74, 6) is -0.0285. The van der Waals surface area contributed by atoms with Crippen LogP contribution in [0, 0.1) is 5.82 Å². The normalized spacial score (nSPS) is 10.4. The highest BCUT2D eigenvalue weighted by Crippen LogP contribution is 2.24. The summed E-state index contributed by atoms with van der Waals surface area (Å²) in [4.78, 5) is 11.8. The lowest BCUT2D eigenvalue weighted by atomic mass is 10.2. The van der Waals surface area contributed by atoms with E-state index in [1.165, 1.54) is 17.8 Å². The molecule has 0 saturated heterocycles. The summed E-state index contributed by atoms with van der Waals surface area (Å²) < 4.78 is 13.6. The van der Waals surface area contributed by atoms with Crippen LogP contribution in [0.25, 0.3) is 0 Å². The van der Waals surface area contributed by atoms with Crippen molar-refractivity contribution >= 4 is 46.6 Å². The molecule has 110 valence electrons. The monoisotopic (exact) mass is 343 g/mol. The number of hydrogen-bond donors (Lipinski definition) is 1. The minimum Gasteiger partial charge on any atom is -0.324 e. The van der Waals surface area contributed by atoms with Crippen molar-refractivity contribution in [2.24, 2.45) is 0 Å². The summed E-state index contributed by atoms with van der Waals surface area (Å²) in [6, 6.07) is 11.5. The quantitative estimate of drug-likeness (QED) is 0.827. The van der Waals surface area contributed by atoms with E-state index in [9.17, 15) is 9.18 Å². The highest BCUT2D eigenvalue weighted by atomic mass is 35.5. The van der Waals surface area contributed by atoms with Gasteiger partial charge >= 0.3 is 0 Å². The molecule has 6 heteroatoms. The summed E-state index contributed by atoms with van der Waals surface area (Å²) in [6.45, 7) is 0. The smallest absolute Gasteiger partial charge is 0.234 e. The average Bonchev–Trinajstić information content (AvgIpc) is 2.45. The number of nitrogens with one attached hydrogen (secondary N) is 1. The first-order chi connectivity index (χ1) is 10.1. The molecule has 2 rings (SSSR count). The largest absolute Gasteiger partial charge is 0.324 e. The van der Waals surface area contributed by atoms with Gasteiger partial charge in [0.25, 0.3) is 0 Å². The minimum absolute atomic E-state index is 0.190. The van der Waals surface area contributed by atoms with E-state index in [-0.39, 0.29) is 17.5 Å². The average molecular weight is 344 g/mol. The molecule has 0 aliphatic heterocycles. The summed E-state index contributed by atoms with van der Waals surface area (Å²) in [5, 5.41) is 3.56. The second-order valence-corrected chi connectivity index (χ2v) is 6.02. The molecule has 2 nitrogen and oxygen atoms in total. The van der Waals surface area contributed by atoms with Crippen molar-refractivity contribution in [3.63, 3.8) is 0 Å². The van der Waals surface area contributed by atoms with Crippen molar-refractivity contribution in [1.29, 1.82) is 0 Å². The molecule has 0 atom stereocenters. The van der Waals surface area contributed by atoms with Gasteiger partial charge in [-0.3, -0.25) is 4.79 Å². The fourth-order valence-electron chi connectivity index (χ4n) is 1.66. The summed E-state index contributed by atoms with van der Waals surface area (Å²) in [6.07, 6.45) is 0. The number of para-hydroxylation sites is 1. The SMILES string of the molecule is O=C(CSCc1c(F)cccc1Cl)Nc1ccccc1Cl. The number of benzene rings is 2. The second kappa shape index (κ2) is 7.69. The van der Waals surface area contributed by atoms with Gasteiger partial charge < -0.3 is 5.32 Å². The Hall–Kier alpha value is -1.23. The van der Waals surface area contributed by atoms with E-state index in [0.717, 1.165) is 0 Å². The molecule has 2 aromatic rings. The van der Waals surface area contributed by atoms with Crippen LogP contribution in [0.2, 0.25) is 10.0 Å². The van der Waals surface area contributed by atoms with E-state index in [1.54, 1.807) is 36.4 Å². The third-order valence-corrected chi connectivity index (χ3v) is 4.33. The van der Waals surface area contributed by atoms with Crippen molar-refractivity contribution in [1.82, 2.24) is 0 Å². The third kappa shape index (κ3) is 4.63. The van der Waals surface area contributed by atoms with Crippen LogP contribution in [0.4, 0.5) is 10.1 Å². The van der Waals surface area contributed by atoms with E-state index in [0.29, 0.717) is 27.0 Å². The maximum absolute atomic E-state index is 13.6. The molecule has 1 amide bonds. The van der Waals surface area contributed by atoms with Crippen LogP contribution in [-0.2, 0) is 10.5 Å². The first-order valence-corrected chi connectivity index (χ1v) is 8.04. The molecule has 0 aliphatic carbocycles. The van der Waals surface area contributed by atoms with Crippen LogP contribution in [0.5, 0.6) is 0 Å². The number of halogens is 3. The predicted octanol–water partition coefficient (Wildman–Crippen LogP) is 5.00. The lowest BCUT2D eigenvalue weighted by Crippen LogP contribution is -2.14. The molecule has 0 spiro atoms. The predicted molar refractivity (Wildman–Crippen MR) is 87.7 cm³/mol. The number of carbonyl (C=O) groups is 1. The number of rotatable bonds is 5. The Balaban J connectivity index is 1.86. The zero-order chi connectivity index (χ0) is 15.2. The first kappa shape index (κ1) is 16.1. The van der Waals surface area contributed by atoms with E-state index in [1.807, 2.05) is 0 Å². The topological polar surface area (TPSA) is 29.1 Å². The number of thioether (sulfide) groups is 1. The van der Waals surface area contributed by atoms with Gasteiger partial charge in [0, 0.05) is 16.3 Å². The Kier molecular flexibility index (Phi) is 5.91. The fourth-order valence-corrected chi connectivity index (χ4v) is 3.01. The van der Waals surface area contributed by atoms with Crippen LogP contribution >= 0.6 is 35.0 Å². The van der Waals surface area contributed by atoms with Gasteiger partial charge in [-0.25, -0.2) is 4.39 Å². The molecule has 0 bridgehead atoms. The zero-order valence-electron chi connectivity index (χ0n) is 10.9. The van der Waals surface area contributed by atoms with Gasteiger partial charge in [-0.2, -0.15) is 0 Å². The minimum atomic E-state index is -0.360. The van der Waals surface area contributed by atoms with Gasteiger partial charge in [0.05, 0.1) is 16.5 Å². The Morgan fingerprint density at radius 3 is 2.52 bits per heavy atom. The standard InChI is InChI=1S/C15H12Cl2FNOS/c16-11-5-3-6-13(18)10(11)8-21-9-15(20)19-14-7-2-1-4-12(14)17/h1-7H,8-9H2,(H,19,20). The van der Waals surface area contributed by atoms with Crippen molar-refractivity contribution in [2.45, 2.75) is 5.75 Å². The fraction of sp³-hybridized carbons (Fsp3) is 0.133. The number of amides is 1. The maximum Gasteiger partial charge on any atom is 0.234 e. The van der Waals surface area contributed by atoms with Crippen molar-refractivity contribution in [3.8, 4) is 0 Å². The van der Waals surface area contributed by atoms with Gasteiger partial charge in [-0.05, 0) is 24.3 Å². The van der Waals surface area contributed by atoms with Crippen LogP contribution in [0.1, 0.15) is 5.56 Å². The number of hydrogen-bond acceptors (Lipinski definition) is 2. The lowest BCUT2D eigenvalue weighted by Gasteiger charge is -2.08. The Bertz CT molecular complexity index is 631. The molecule has 1 N–H and O–H groups in total. The number of carbonyl (C=O) groups excluding carboxylic acids is 1. The van der Waals surface area contributed by atoms with Crippen LogP contribution < -0.4 is 5.32 Å². The van der Waals surface area contributed by atoms with E-state index < -0.39 is 0 Å².